The maximum atomic E-state index is 14.0. The van der Waals surface area contributed by atoms with Crippen LogP contribution in [-0.4, -0.2) is 13.1 Å². The first-order valence-corrected chi connectivity index (χ1v) is 6.66. The zero-order valence-electron chi connectivity index (χ0n) is 10.7. The van der Waals surface area contributed by atoms with Crippen LogP contribution >= 0.6 is 15.9 Å². The molecule has 0 saturated heterocycles. The number of esters is 1. The van der Waals surface area contributed by atoms with Gasteiger partial charge < -0.3 is 9.47 Å². The second kappa shape index (κ2) is 6.52. The van der Waals surface area contributed by atoms with Crippen LogP contribution in [0.3, 0.4) is 0 Å². The minimum Gasteiger partial charge on any atom is -0.488 e. The van der Waals surface area contributed by atoms with Crippen molar-refractivity contribution < 1.29 is 18.7 Å². The van der Waals surface area contributed by atoms with Crippen LogP contribution in [0.15, 0.2) is 46.9 Å². The molecule has 2 rings (SSSR count). The summed E-state index contributed by atoms with van der Waals surface area (Å²) >= 11 is 3.09. The molecule has 0 saturated carbocycles. The van der Waals surface area contributed by atoms with Gasteiger partial charge in [0.15, 0.2) is 5.82 Å². The normalized spacial score (nSPS) is 10.2. The fourth-order valence-electron chi connectivity index (χ4n) is 1.65. The van der Waals surface area contributed by atoms with Crippen molar-refractivity contribution in [2.24, 2.45) is 0 Å². The Kier molecular flexibility index (Phi) is 4.74. The molecule has 3 nitrogen and oxygen atoms in total. The van der Waals surface area contributed by atoms with Gasteiger partial charge in [-0.3, -0.25) is 0 Å². The summed E-state index contributed by atoms with van der Waals surface area (Å²) in [6.07, 6.45) is 0. The monoisotopic (exact) mass is 338 g/mol. The Morgan fingerprint density at radius 3 is 2.55 bits per heavy atom. The van der Waals surface area contributed by atoms with Crippen molar-refractivity contribution in [2.75, 3.05) is 7.11 Å². The van der Waals surface area contributed by atoms with Crippen LogP contribution in [0, 0.1) is 5.82 Å². The third-order valence-electron chi connectivity index (χ3n) is 2.69. The van der Waals surface area contributed by atoms with Gasteiger partial charge in [-0.15, -0.1) is 0 Å². The van der Waals surface area contributed by atoms with Gasteiger partial charge in [-0.2, -0.15) is 0 Å². The Balaban J connectivity index is 2.18. The van der Waals surface area contributed by atoms with E-state index in [-0.39, 0.29) is 10.0 Å². The first-order chi connectivity index (χ1) is 9.63. The van der Waals surface area contributed by atoms with E-state index in [1.54, 1.807) is 0 Å². The Morgan fingerprint density at radius 1 is 1.20 bits per heavy atom. The zero-order valence-corrected chi connectivity index (χ0v) is 12.3. The van der Waals surface area contributed by atoms with Crippen LogP contribution in [0.4, 0.5) is 4.39 Å². The third-order valence-corrected chi connectivity index (χ3v) is 3.43. The molecular formula is C15H12BrFO3. The van der Waals surface area contributed by atoms with E-state index < -0.39 is 11.8 Å². The summed E-state index contributed by atoms with van der Waals surface area (Å²) in [6, 6.07) is 12.4. The van der Waals surface area contributed by atoms with Gasteiger partial charge in [0.1, 0.15) is 12.4 Å². The minimum absolute atomic E-state index is 0.108. The van der Waals surface area contributed by atoms with E-state index in [4.69, 9.17) is 4.74 Å². The van der Waals surface area contributed by atoms with Crippen LogP contribution in [0.5, 0.6) is 5.75 Å². The maximum Gasteiger partial charge on any atom is 0.340 e. The Hall–Kier alpha value is -1.88. The molecule has 0 aliphatic carbocycles. The van der Waals surface area contributed by atoms with Crippen molar-refractivity contribution in [1.82, 2.24) is 0 Å². The number of carbonyl (C=O) groups is 1. The van der Waals surface area contributed by atoms with Crippen molar-refractivity contribution in [1.29, 1.82) is 0 Å². The summed E-state index contributed by atoms with van der Waals surface area (Å²) in [4.78, 5) is 11.4. The van der Waals surface area contributed by atoms with Crippen molar-refractivity contribution >= 4 is 21.9 Å². The molecule has 2 aromatic carbocycles. The molecule has 0 unspecified atom stereocenters. The third kappa shape index (κ3) is 3.17. The Labute approximate surface area is 124 Å². The van der Waals surface area contributed by atoms with Gasteiger partial charge in [-0.05, 0) is 33.6 Å². The summed E-state index contributed by atoms with van der Waals surface area (Å²) in [5.74, 6) is -1.08. The summed E-state index contributed by atoms with van der Waals surface area (Å²) < 4.78 is 24.1. The highest BCUT2D eigenvalue weighted by Gasteiger charge is 2.18. The van der Waals surface area contributed by atoms with E-state index in [1.807, 2.05) is 30.3 Å². The molecule has 0 aliphatic heterocycles. The first-order valence-electron chi connectivity index (χ1n) is 5.86. The van der Waals surface area contributed by atoms with Gasteiger partial charge >= 0.3 is 5.97 Å². The van der Waals surface area contributed by atoms with Crippen LogP contribution in [-0.2, 0) is 11.3 Å². The summed E-state index contributed by atoms with van der Waals surface area (Å²) in [7, 11) is 1.20. The van der Waals surface area contributed by atoms with Crippen LogP contribution in [0.2, 0.25) is 0 Å². The molecule has 0 heterocycles. The van der Waals surface area contributed by atoms with E-state index in [2.05, 4.69) is 20.7 Å². The highest BCUT2D eigenvalue weighted by atomic mass is 79.9. The Morgan fingerprint density at radius 2 is 1.90 bits per heavy atom. The molecule has 104 valence electrons. The summed E-state index contributed by atoms with van der Waals surface area (Å²) in [5, 5.41) is 0. The number of ether oxygens (including phenoxy) is 2. The molecule has 0 atom stereocenters. The lowest BCUT2D eigenvalue weighted by atomic mass is 10.2. The second-order valence-corrected chi connectivity index (χ2v) is 4.80. The molecule has 0 aliphatic rings. The molecule has 2 aromatic rings. The predicted molar refractivity (Wildman–Crippen MR) is 76.2 cm³/mol. The molecule has 0 fully saturated rings. The molecule has 0 spiro atoms. The fourth-order valence-corrected chi connectivity index (χ4v) is 2.11. The number of carbonyl (C=O) groups excluding carboxylic acids is 1. The molecule has 0 aromatic heterocycles. The van der Waals surface area contributed by atoms with E-state index >= 15 is 0 Å². The number of hydrogen-bond donors (Lipinski definition) is 0. The average molecular weight is 339 g/mol. The molecule has 0 bridgehead atoms. The van der Waals surface area contributed by atoms with E-state index in [0.717, 1.165) is 5.56 Å². The summed E-state index contributed by atoms with van der Waals surface area (Å²) in [6.45, 7) is 0.316. The van der Waals surface area contributed by atoms with Gasteiger partial charge in [0.2, 0.25) is 0 Å². The number of hydrogen-bond acceptors (Lipinski definition) is 3. The smallest absolute Gasteiger partial charge is 0.340 e. The van der Waals surface area contributed by atoms with Gasteiger partial charge in [0.05, 0.1) is 17.1 Å². The van der Waals surface area contributed by atoms with E-state index in [9.17, 15) is 9.18 Å². The SMILES string of the molecule is COC(=O)c1ccc(OCc2ccccc2)c(Br)c1F. The van der Waals surface area contributed by atoms with E-state index in [0.29, 0.717) is 12.4 Å². The van der Waals surface area contributed by atoms with Crippen LogP contribution < -0.4 is 4.74 Å². The van der Waals surface area contributed by atoms with Gasteiger partial charge in [-0.1, -0.05) is 30.3 Å². The minimum atomic E-state index is -0.724. The van der Waals surface area contributed by atoms with Crippen LogP contribution in [0.1, 0.15) is 15.9 Å². The number of halogens is 2. The quantitative estimate of drug-likeness (QED) is 0.791. The van der Waals surface area contributed by atoms with Gasteiger partial charge in [0.25, 0.3) is 0 Å². The highest BCUT2D eigenvalue weighted by molar-refractivity contribution is 9.10. The standard InChI is InChI=1S/C15H12BrFO3/c1-19-15(18)11-7-8-12(13(16)14(11)17)20-9-10-5-3-2-4-6-10/h2-8H,9H2,1H3. The topological polar surface area (TPSA) is 35.5 Å². The number of rotatable bonds is 4. The number of benzene rings is 2. The average Bonchev–Trinajstić information content (AvgIpc) is 2.49. The molecule has 0 radical (unpaired) electrons. The van der Waals surface area contributed by atoms with Crippen molar-refractivity contribution in [3.63, 3.8) is 0 Å². The lowest BCUT2D eigenvalue weighted by molar-refractivity contribution is 0.0595. The first kappa shape index (κ1) is 14.5. The molecular weight excluding hydrogens is 327 g/mol. The molecule has 5 heteroatoms. The van der Waals surface area contributed by atoms with Crippen LogP contribution in [0.25, 0.3) is 0 Å². The summed E-state index contributed by atoms with van der Waals surface area (Å²) in [5.41, 5.74) is 0.836. The highest BCUT2D eigenvalue weighted by Crippen LogP contribution is 2.30. The van der Waals surface area contributed by atoms with Gasteiger partial charge in [0, 0.05) is 0 Å². The fraction of sp³-hybridized carbons (Fsp3) is 0.133. The largest absolute Gasteiger partial charge is 0.488 e. The lowest BCUT2D eigenvalue weighted by Crippen LogP contribution is -2.06. The van der Waals surface area contributed by atoms with Crippen molar-refractivity contribution in [3.8, 4) is 5.75 Å². The Bertz CT molecular complexity index is 614. The maximum absolute atomic E-state index is 14.0. The zero-order chi connectivity index (χ0) is 14.5. The van der Waals surface area contributed by atoms with Crippen molar-refractivity contribution in [2.45, 2.75) is 6.61 Å². The van der Waals surface area contributed by atoms with Crippen molar-refractivity contribution in [3.05, 3.63) is 63.9 Å². The molecule has 0 N–H and O–H groups in total. The predicted octanol–water partition coefficient (Wildman–Crippen LogP) is 3.95. The molecule has 0 amide bonds. The number of methoxy groups -OCH3 is 1. The lowest BCUT2D eigenvalue weighted by Gasteiger charge is -2.10. The second-order valence-electron chi connectivity index (χ2n) is 4.01. The molecule has 20 heavy (non-hydrogen) atoms. The van der Waals surface area contributed by atoms with Gasteiger partial charge in [-0.25, -0.2) is 9.18 Å². The van der Waals surface area contributed by atoms with E-state index in [1.165, 1.54) is 19.2 Å².